The van der Waals surface area contributed by atoms with E-state index >= 15 is 0 Å². The molecule has 0 fully saturated rings. The molecule has 13 heavy (non-hydrogen) atoms. The van der Waals surface area contributed by atoms with Crippen LogP contribution in [0.3, 0.4) is 0 Å². The van der Waals surface area contributed by atoms with Gasteiger partial charge in [0.2, 0.25) is 0 Å². The van der Waals surface area contributed by atoms with Crippen LogP contribution in [0.2, 0.25) is 0 Å². The lowest BCUT2D eigenvalue weighted by atomic mass is 10.1. The van der Waals surface area contributed by atoms with E-state index in [0.29, 0.717) is 5.69 Å². The Morgan fingerprint density at radius 1 is 1.85 bits per heavy atom. The van der Waals surface area contributed by atoms with Crippen molar-refractivity contribution in [3.8, 4) is 0 Å². The SMILES string of the molecule is NNC(N)(Cc1cnc[nH]1)C(=O)O. The number of rotatable bonds is 4. The molecule has 0 amide bonds. The second-order valence-corrected chi connectivity index (χ2v) is 2.67. The van der Waals surface area contributed by atoms with Crippen molar-refractivity contribution in [2.24, 2.45) is 11.6 Å². The molecule has 0 aliphatic rings. The highest BCUT2D eigenvalue weighted by atomic mass is 16.4. The summed E-state index contributed by atoms with van der Waals surface area (Å²) in [6.07, 6.45) is 2.97. The summed E-state index contributed by atoms with van der Waals surface area (Å²) >= 11 is 0. The molecule has 1 aromatic heterocycles. The zero-order valence-corrected chi connectivity index (χ0v) is 6.82. The van der Waals surface area contributed by atoms with Gasteiger partial charge >= 0.3 is 5.97 Å². The fourth-order valence-corrected chi connectivity index (χ4v) is 0.870. The number of carboxylic acid groups (broad SMARTS) is 1. The molecular formula is C6H11N5O2. The van der Waals surface area contributed by atoms with Crippen LogP contribution in [0.15, 0.2) is 12.5 Å². The number of carbonyl (C=O) groups is 1. The fraction of sp³-hybridized carbons (Fsp3) is 0.333. The molecule has 0 aliphatic carbocycles. The number of H-pyrrole nitrogens is 1. The van der Waals surface area contributed by atoms with Gasteiger partial charge in [-0.1, -0.05) is 0 Å². The van der Waals surface area contributed by atoms with E-state index in [0.717, 1.165) is 0 Å². The summed E-state index contributed by atoms with van der Waals surface area (Å²) in [4.78, 5) is 17.1. The van der Waals surface area contributed by atoms with Crippen molar-refractivity contribution in [1.29, 1.82) is 0 Å². The molecule has 7 N–H and O–H groups in total. The quantitative estimate of drug-likeness (QED) is 0.213. The zero-order valence-electron chi connectivity index (χ0n) is 6.82. The number of aromatic amines is 1. The van der Waals surface area contributed by atoms with Gasteiger partial charge in [-0.05, 0) is 0 Å². The van der Waals surface area contributed by atoms with Crippen molar-refractivity contribution in [3.05, 3.63) is 18.2 Å². The maximum Gasteiger partial charge on any atom is 0.340 e. The van der Waals surface area contributed by atoms with E-state index in [1.165, 1.54) is 12.5 Å². The number of hydrogen-bond donors (Lipinski definition) is 5. The average Bonchev–Trinajstić information content (AvgIpc) is 2.56. The summed E-state index contributed by atoms with van der Waals surface area (Å²) in [5, 5.41) is 8.73. The molecular weight excluding hydrogens is 174 g/mol. The Morgan fingerprint density at radius 3 is 2.92 bits per heavy atom. The van der Waals surface area contributed by atoms with Crippen LogP contribution < -0.4 is 17.0 Å². The van der Waals surface area contributed by atoms with Crippen LogP contribution in [0, 0.1) is 0 Å². The molecule has 0 spiro atoms. The number of nitrogens with one attached hydrogen (secondary N) is 2. The predicted octanol–water partition coefficient (Wildman–Crippen LogP) is -1.84. The number of imidazole rings is 1. The Kier molecular flexibility index (Phi) is 2.61. The van der Waals surface area contributed by atoms with Crippen LogP contribution in [0.5, 0.6) is 0 Å². The van der Waals surface area contributed by atoms with Gasteiger partial charge in [-0.25, -0.2) is 15.2 Å². The van der Waals surface area contributed by atoms with Gasteiger partial charge in [0.1, 0.15) is 0 Å². The molecule has 1 aromatic rings. The van der Waals surface area contributed by atoms with E-state index in [2.05, 4.69) is 9.97 Å². The monoisotopic (exact) mass is 185 g/mol. The second-order valence-electron chi connectivity index (χ2n) is 2.67. The minimum atomic E-state index is -1.66. The third-order valence-electron chi connectivity index (χ3n) is 1.66. The lowest BCUT2D eigenvalue weighted by Crippen LogP contribution is -2.63. The highest BCUT2D eigenvalue weighted by molar-refractivity contribution is 5.78. The number of aromatic nitrogens is 2. The Hall–Kier alpha value is -1.44. The third-order valence-corrected chi connectivity index (χ3v) is 1.66. The van der Waals surface area contributed by atoms with E-state index in [1.807, 2.05) is 5.43 Å². The number of aliphatic carboxylic acids is 1. The predicted molar refractivity (Wildman–Crippen MR) is 44.2 cm³/mol. The van der Waals surface area contributed by atoms with Crippen LogP contribution in [0.25, 0.3) is 0 Å². The average molecular weight is 185 g/mol. The largest absolute Gasteiger partial charge is 0.479 e. The summed E-state index contributed by atoms with van der Waals surface area (Å²) in [5.74, 6) is 3.82. The first-order chi connectivity index (χ1) is 6.08. The van der Waals surface area contributed by atoms with Crippen LogP contribution in [-0.2, 0) is 11.2 Å². The molecule has 0 radical (unpaired) electrons. The highest BCUT2D eigenvalue weighted by Gasteiger charge is 2.33. The molecule has 0 saturated heterocycles. The van der Waals surface area contributed by atoms with Gasteiger partial charge in [0.05, 0.1) is 6.33 Å². The Morgan fingerprint density at radius 2 is 2.54 bits per heavy atom. The van der Waals surface area contributed by atoms with Crippen molar-refractivity contribution >= 4 is 5.97 Å². The summed E-state index contributed by atoms with van der Waals surface area (Å²) in [6, 6.07) is 0. The second kappa shape index (κ2) is 3.52. The van der Waals surface area contributed by atoms with Crippen molar-refractivity contribution in [1.82, 2.24) is 15.4 Å². The summed E-state index contributed by atoms with van der Waals surface area (Å²) < 4.78 is 0. The number of nitrogens with two attached hydrogens (primary N) is 2. The lowest BCUT2D eigenvalue weighted by Gasteiger charge is -2.22. The van der Waals surface area contributed by atoms with Crippen LogP contribution in [0.4, 0.5) is 0 Å². The lowest BCUT2D eigenvalue weighted by molar-refractivity contribution is -0.144. The van der Waals surface area contributed by atoms with E-state index < -0.39 is 11.6 Å². The molecule has 0 bridgehead atoms. The Bertz CT molecular complexity index is 285. The number of hydrogen-bond acceptors (Lipinski definition) is 5. The van der Waals surface area contributed by atoms with E-state index in [4.69, 9.17) is 16.7 Å². The van der Waals surface area contributed by atoms with Gasteiger partial charge in [0, 0.05) is 18.3 Å². The number of hydrazine groups is 1. The zero-order chi connectivity index (χ0) is 9.90. The first-order valence-corrected chi connectivity index (χ1v) is 3.56. The Balaban J connectivity index is 2.75. The first kappa shape index (κ1) is 9.65. The molecule has 1 unspecified atom stereocenters. The molecule has 0 aliphatic heterocycles. The smallest absolute Gasteiger partial charge is 0.340 e. The fourth-order valence-electron chi connectivity index (χ4n) is 0.870. The highest BCUT2D eigenvalue weighted by Crippen LogP contribution is 2.04. The van der Waals surface area contributed by atoms with Crippen LogP contribution in [0.1, 0.15) is 5.69 Å². The van der Waals surface area contributed by atoms with Gasteiger partial charge in [-0.15, -0.1) is 0 Å². The molecule has 72 valence electrons. The molecule has 0 aromatic carbocycles. The maximum absolute atomic E-state index is 10.7. The number of carboxylic acids is 1. The van der Waals surface area contributed by atoms with E-state index in [9.17, 15) is 4.79 Å². The maximum atomic E-state index is 10.7. The standard InChI is InChI=1S/C6H11N5O2/c7-6(11-8,5(12)13)1-4-2-9-3-10-4/h2-3,11H,1,7-8H2,(H,9,10)(H,12,13). The van der Waals surface area contributed by atoms with Crippen molar-refractivity contribution in [2.75, 3.05) is 0 Å². The minimum Gasteiger partial charge on any atom is -0.479 e. The van der Waals surface area contributed by atoms with Crippen molar-refractivity contribution < 1.29 is 9.90 Å². The molecule has 1 rings (SSSR count). The number of nitrogens with zero attached hydrogens (tertiary/aromatic N) is 1. The summed E-state index contributed by atoms with van der Waals surface area (Å²) in [6.45, 7) is 0. The molecule has 1 heterocycles. The van der Waals surface area contributed by atoms with Gasteiger partial charge < -0.3 is 15.8 Å². The van der Waals surface area contributed by atoms with E-state index in [1.54, 1.807) is 0 Å². The molecule has 7 heteroatoms. The molecule has 0 saturated carbocycles. The van der Waals surface area contributed by atoms with Crippen LogP contribution in [-0.4, -0.2) is 26.7 Å². The minimum absolute atomic E-state index is 0.0405. The normalized spacial score (nSPS) is 15.2. The Labute approximate surface area is 74.1 Å². The van der Waals surface area contributed by atoms with Gasteiger partial charge in [0.15, 0.2) is 5.66 Å². The van der Waals surface area contributed by atoms with Gasteiger partial charge in [-0.3, -0.25) is 5.84 Å². The van der Waals surface area contributed by atoms with Gasteiger partial charge in [-0.2, -0.15) is 0 Å². The molecule has 7 nitrogen and oxygen atoms in total. The molecule has 1 atom stereocenters. The summed E-state index contributed by atoms with van der Waals surface area (Å²) in [7, 11) is 0. The first-order valence-electron chi connectivity index (χ1n) is 3.56. The summed E-state index contributed by atoms with van der Waals surface area (Å²) in [5.41, 5.74) is 6.43. The van der Waals surface area contributed by atoms with E-state index in [-0.39, 0.29) is 6.42 Å². The third kappa shape index (κ3) is 2.02. The topological polar surface area (TPSA) is 130 Å². The van der Waals surface area contributed by atoms with Crippen molar-refractivity contribution in [2.45, 2.75) is 12.1 Å². The van der Waals surface area contributed by atoms with Crippen LogP contribution >= 0.6 is 0 Å². The van der Waals surface area contributed by atoms with Crippen molar-refractivity contribution in [3.63, 3.8) is 0 Å². The van der Waals surface area contributed by atoms with Gasteiger partial charge in [0.25, 0.3) is 0 Å².